The molecule has 2 heterocycles. The summed E-state index contributed by atoms with van der Waals surface area (Å²) in [5.41, 5.74) is 7.47. The number of anilines is 1. The smallest absolute Gasteiger partial charge is 0.326 e. The lowest BCUT2D eigenvalue weighted by Gasteiger charge is -2.13. The molecular weight excluding hydrogens is 418 g/mol. The highest BCUT2D eigenvalue weighted by atomic mass is 16.4. The summed E-state index contributed by atoms with van der Waals surface area (Å²) in [7, 11) is 0. The summed E-state index contributed by atoms with van der Waals surface area (Å²) in [5, 5.41) is 20.6. The number of fused-ring (bicyclic) bond motifs is 1. The van der Waals surface area contributed by atoms with Crippen LogP contribution in [0.1, 0.15) is 31.9 Å². The summed E-state index contributed by atoms with van der Waals surface area (Å²) in [6.07, 6.45) is 5.07. The maximum absolute atomic E-state index is 12.3. The SMILES string of the molecule is C=C/C(=C\C=C(/C)CCc1cc2c(=O)[nH]c(N)nc2[nH]1)C(=O)N[C@@H](CCC(=O)O)C(=O)O. The van der Waals surface area contributed by atoms with Crippen LogP contribution in [0.4, 0.5) is 5.95 Å². The van der Waals surface area contributed by atoms with Crippen LogP contribution in [0.2, 0.25) is 0 Å². The Balaban J connectivity index is 2.03. The Morgan fingerprint density at radius 1 is 1.25 bits per heavy atom. The number of aromatic nitrogens is 3. The number of allylic oxidation sites excluding steroid dienone is 3. The minimum Gasteiger partial charge on any atom is -0.481 e. The highest BCUT2D eigenvalue weighted by Gasteiger charge is 2.21. The van der Waals surface area contributed by atoms with Crippen LogP contribution in [0.5, 0.6) is 0 Å². The molecule has 0 aromatic carbocycles. The van der Waals surface area contributed by atoms with E-state index in [2.05, 4.69) is 26.8 Å². The number of nitrogens with one attached hydrogen (secondary N) is 3. The lowest BCUT2D eigenvalue weighted by Crippen LogP contribution is -2.41. The number of H-pyrrole nitrogens is 2. The van der Waals surface area contributed by atoms with Gasteiger partial charge in [-0.05, 0) is 38.3 Å². The second-order valence-electron chi connectivity index (χ2n) is 7.14. The summed E-state index contributed by atoms with van der Waals surface area (Å²) in [4.78, 5) is 55.7. The Hall–Kier alpha value is -4.15. The zero-order chi connectivity index (χ0) is 23.8. The third-order valence-electron chi connectivity index (χ3n) is 4.64. The van der Waals surface area contributed by atoms with E-state index in [1.165, 1.54) is 12.2 Å². The molecule has 0 fully saturated rings. The number of nitrogen functional groups attached to an aromatic ring is 1. The number of aromatic amines is 2. The van der Waals surface area contributed by atoms with Crippen molar-refractivity contribution in [1.29, 1.82) is 0 Å². The molecule has 2 aromatic heterocycles. The van der Waals surface area contributed by atoms with E-state index >= 15 is 0 Å². The molecule has 170 valence electrons. The first kappa shape index (κ1) is 24.1. The molecule has 0 aliphatic carbocycles. The molecule has 0 saturated heterocycles. The van der Waals surface area contributed by atoms with Gasteiger partial charge in [-0.3, -0.25) is 19.4 Å². The molecule has 2 rings (SSSR count). The summed E-state index contributed by atoms with van der Waals surface area (Å²) < 4.78 is 0. The lowest BCUT2D eigenvalue weighted by atomic mass is 10.1. The first-order valence-corrected chi connectivity index (χ1v) is 9.73. The topological polar surface area (TPSA) is 191 Å². The third-order valence-corrected chi connectivity index (χ3v) is 4.64. The number of aryl methyl sites for hydroxylation is 1. The average Bonchev–Trinajstić information content (AvgIpc) is 3.12. The van der Waals surface area contributed by atoms with E-state index in [9.17, 15) is 19.2 Å². The molecule has 11 nitrogen and oxygen atoms in total. The number of nitrogens with two attached hydrogens (primary N) is 1. The molecule has 0 spiro atoms. The van der Waals surface area contributed by atoms with Gasteiger partial charge in [-0.2, -0.15) is 4.98 Å². The quantitative estimate of drug-likeness (QED) is 0.221. The Morgan fingerprint density at radius 3 is 2.59 bits per heavy atom. The molecule has 2 aromatic rings. The van der Waals surface area contributed by atoms with Crippen molar-refractivity contribution in [3.63, 3.8) is 0 Å². The van der Waals surface area contributed by atoms with Gasteiger partial charge in [0.15, 0.2) is 0 Å². The third kappa shape index (κ3) is 6.69. The molecule has 11 heteroatoms. The van der Waals surface area contributed by atoms with E-state index in [4.69, 9.17) is 15.9 Å². The van der Waals surface area contributed by atoms with Crippen molar-refractivity contribution >= 4 is 34.8 Å². The number of nitrogens with zero attached hydrogens (tertiary/aromatic N) is 1. The summed E-state index contributed by atoms with van der Waals surface area (Å²) in [6, 6.07) is 0.384. The van der Waals surface area contributed by atoms with Crippen LogP contribution >= 0.6 is 0 Å². The van der Waals surface area contributed by atoms with Crippen molar-refractivity contribution in [3.8, 4) is 0 Å². The maximum atomic E-state index is 12.3. The second kappa shape index (κ2) is 10.8. The fraction of sp³-hybridized carbons (Fsp3) is 0.286. The average molecular weight is 443 g/mol. The monoisotopic (exact) mass is 443 g/mol. The maximum Gasteiger partial charge on any atom is 0.326 e. The van der Waals surface area contributed by atoms with Crippen LogP contribution in [0.3, 0.4) is 0 Å². The van der Waals surface area contributed by atoms with Crippen molar-refractivity contribution in [3.05, 3.63) is 58.1 Å². The molecule has 0 aliphatic heterocycles. The summed E-state index contributed by atoms with van der Waals surface area (Å²) in [5.74, 6) is -3.11. The van der Waals surface area contributed by atoms with Crippen molar-refractivity contribution in [1.82, 2.24) is 20.3 Å². The molecule has 32 heavy (non-hydrogen) atoms. The molecule has 1 amide bonds. The van der Waals surface area contributed by atoms with Gasteiger partial charge in [0.1, 0.15) is 11.7 Å². The van der Waals surface area contributed by atoms with Gasteiger partial charge in [0.05, 0.1) is 5.39 Å². The number of carbonyl (C=O) groups excluding carboxylic acids is 1. The highest BCUT2D eigenvalue weighted by Crippen LogP contribution is 2.14. The minimum atomic E-state index is -1.32. The molecular formula is C21H25N5O6. The fourth-order valence-electron chi connectivity index (χ4n) is 2.88. The van der Waals surface area contributed by atoms with E-state index in [0.717, 1.165) is 11.3 Å². The lowest BCUT2D eigenvalue weighted by molar-refractivity contribution is -0.142. The van der Waals surface area contributed by atoms with Crippen LogP contribution in [0.25, 0.3) is 11.0 Å². The summed E-state index contributed by atoms with van der Waals surface area (Å²) in [6.45, 7) is 5.42. The van der Waals surface area contributed by atoms with Crippen molar-refractivity contribution in [2.45, 2.75) is 38.6 Å². The number of aliphatic carboxylic acids is 2. The van der Waals surface area contributed by atoms with Gasteiger partial charge in [0.25, 0.3) is 11.5 Å². The normalized spacial score (nSPS) is 13.0. The van der Waals surface area contributed by atoms with Crippen molar-refractivity contribution < 1.29 is 24.6 Å². The van der Waals surface area contributed by atoms with E-state index < -0.39 is 23.9 Å². The minimum absolute atomic E-state index is 0.0282. The number of hydrogen-bond donors (Lipinski definition) is 6. The highest BCUT2D eigenvalue weighted by molar-refractivity contribution is 5.98. The molecule has 0 aliphatic rings. The van der Waals surface area contributed by atoms with Crippen LogP contribution in [-0.2, 0) is 20.8 Å². The van der Waals surface area contributed by atoms with Crippen molar-refractivity contribution in [2.24, 2.45) is 0 Å². The van der Waals surface area contributed by atoms with Crippen LogP contribution in [-0.4, -0.2) is 49.1 Å². The van der Waals surface area contributed by atoms with Crippen LogP contribution in [0.15, 0.2) is 46.8 Å². The van der Waals surface area contributed by atoms with Crippen LogP contribution in [0, 0.1) is 0 Å². The zero-order valence-electron chi connectivity index (χ0n) is 17.5. The molecule has 7 N–H and O–H groups in total. The van der Waals surface area contributed by atoms with Gasteiger partial charge in [-0.25, -0.2) is 4.79 Å². The number of carbonyl (C=O) groups is 3. The van der Waals surface area contributed by atoms with E-state index in [-0.39, 0.29) is 29.9 Å². The Labute approximate surface area is 182 Å². The number of amides is 1. The Kier molecular flexibility index (Phi) is 8.11. The van der Waals surface area contributed by atoms with E-state index in [1.54, 1.807) is 12.1 Å². The van der Waals surface area contributed by atoms with Gasteiger partial charge < -0.3 is 26.2 Å². The second-order valence-corrected chi connectivity index (χ2v) is 7.14. The number of hydrogen-bond acceptors (Lipinski definition) is 6. The first-order chi connectivity index (χ1) is 15.1. The molecule has 1 atom stereocenters. The first-order valence-electron chi connectivity index (χ1n) is 9.73. The van der Waals surface area contributed by atoms with Gasteiger partial charge in [0, 0.05) is 17.7 Å². The van der Waals surface area contributed by atoms with Gasteiger partial charge in [0.2, 0.25) is 5.95 Å². The largest absolute Gasteiger partial charge is 0.481 e. The summed E-state index contributed by atoms with van der Waals surface area (Å²) >= 11 is 0. The molecule has 0 saturated carbocycles. The van der Waals surface area contributed by atoms with Gasteiger partial charge in [-0.15, -0.1) is 0 Å². The number of rotatable bonds is 11. The molecule has 0 radical (unpaired) electrons. The predicted octanol–water partition coefficient (Wildman–Crippen LogP) is 1.26. The predicted molar refractivity (Wildman–Crippen MR) is 118 cm³/mol. The Morgan fingerprint density at radius 2 is 1.97 bits per heavy atom. The van der Waals surface area contributed by atoms with Gasteiger partial charge >= 0.3 is 11.9 Å². The van der Waals surface area contributed by atoms with E-state index in [0.29, 0.717) is 23.9 Å². The molecule has 0 unspecified atom stereocenters. The number of carboxylic acid groups (broad SMARTS) is 2. The molecule has 0 bridgehead atoms. The Bertz CT molecular complexity index is 1160. The van der Waals surface area contributed by atoms with E-state index in [1.807, 2.05) is 6.92 Å². The van der Waals surface area contributed by atoms with Gasteiger partial charge in [-0.1, -0.05) is 24.3 Å². The fourth-order valence-corrected chi connectivity index (χ4v) is 2.88. The number of carboxylic acids is 2. The van der Waals surface area contributed by atoms with Crippen molar-refractivity contribution in [2.75, 3.05) is 5.73 Å². The standard InChI is InChI=1S/C21H25N5O6/c1-3-12(18(29)24-15(20(31)32)8-9-16(27)28)6-4-11(2)5-7-13-10-14-17(23-13)25-21(22)26-19(14)30/h3-4,6,10,15H,1,5,7-9H2,2H3,(H,24,29)(H,27,28)(H,31,32)(H4,22,23,25,26,30)/b11-4+,12-6+/t15-/m0/s1. The van der Waals surface area contributed by atoms with Crippen LogP contribution < -0.4 is 16.6 Å². The zero-order valence-corrected chi connectivity index (χ0v) is 17.5.